The number of carbonyl (C=O) groups is 2. The van der Waals surface area contributed by atoms with Gasteiger partial charge in [0.05, 0.1) is 22.3 Å². The Kier molecular flexibility index (Phi) is 6.78. The van der Waals surface area contributed by atoms with Crippen LogP contribution in [0.4, 0.5) is 0 Å². The summed E-state index contributed by atoms with van der Waals surface area (Å²) < 4.78 is 0. The number of nitrogens with one attached hydrogen (secondary N) is 2. The van der Waals surface area contributed by atoms with E-state index in [9.17, 15) is 14.9 Å². The molecule has 0 saturated carbocycles. The van der Waals surface area contributed by atoms with Crippen LogP contribution in [0, 0.1) is 11.3 Å². The summed E-state index contributed by atoms with van der Waals surface area (Å²) in [4.78, 5) is 30.3. The Bertz CT molecular complexity index is 1390. The van der Waals surface area contributed by atoms with E-state index in [1.54, 1.807) is 30.3 Å². The second kappa shape index (κ2) is 9.92. The molecule has 168 valence electrons. The predicted molar refractivity (Wildman–Crippen MR) is 132 cm³/mol. The molecular weight excluding hydrogens is 471 g/mol. The molecule has 2 N–H and O–H groups in total. The van der Waals surface area contributed by atoms with Gasteiger partial charge in [-0.25, -0.2) is 4.99 Å². The van der Waals surface area contributed by atoms with Gasteiger partial charge >= 0.3 is 0 Å². The highest BCUT2D eigenvalue weighted by atomic mass is 35.5. The molecule has 4 rings (SSSR count). The van der Waals surface area contributed by atoms with Crippen LogP contribution in [0.2, 0.25) is 10.0 Å². The third-order valence-corrected chi connectivity index (χ3v) is 5.84. The first-order valence-corrected chi connectivity index (χ1v) is 11.1. The van der Waals surface area contributed by atoms with E-state index in [0.717, 1.165) is 5.56 Å². The van der Waals surface area contributed by atoms with Crippen LogP contribution in [0.1, 0.15) is 40.0 Å². The zero-order valence-corrected chi connectivity index (χ0v) is 19.5. The van der Waals surface area contributed by atoms with Crippen LogP contribution in [0.5, 0.6) is 0 Å². The molecule has 1 heterocycles. The molecule has 0 aliphatic carbocycles. The Balaban J connectivity index is 1.67. The number of aliphatic imine (C=N–C) groups is 1. The Hall–Kier alpha value is -3.92. The second-order valence-corrected chi connectivity index (χ2v) is 8.37. The minimum Gasteiger partial charge on any atom is -0.345 e. The van der Waals surface area contributed by atoms with Crippen LogP contribution in [-0.2, 0) is 4.79 Å². The van der Waals surface area contributed by atoms with Crippen molar-refractivity contribution >= 4 is 46.5 Å². The third-order valence-electron chi connectivity index (χ3n) is 5.29. The normalized spacial score (nSPS) is 14.4. The molecule has 2 amide bonds. The first-order valence-electron chi connectivity index (χ1n) is 10.3. The van der Waals surface area contributed by atoms with Crippen molar-refractivity contribution in [1.29, 1.82) is 5.26 Å². The SMILES string of the molecule is C[C@H](NC(=O)/C(C#N)=C1\N=C(NC(=O)c2ccc(Cl)cc2Cl)c2ccccc21)c1ccccc1. The maximum atomic E-state index is 13.0. The van der Waals surface area contributed by atoms with E-state index >= 15 is 0 Å². The van der Waals surface area contributed by atoms with Crippen molar-refractivity contribution in [3.05, 3.63) is 111 Å². The summed E-state index contributed by atoms with van der Waals surface area (Å²) in [5, 5.41) is 16.0. The molecule has 0 unspecified atom stereocenters. The van der Waals surface area contributed by atoms with E-state index in [-0.39, 0.29) is 33.7 Å². The topological polar surface area (TPSA) is 94.3 Å². The molecule has 6 nitrogen and oxygen atoms in total. The molecular formula is C26H18Cl2N4O2. The van der Waals surface area contributed by atoms with E-state index in [1.165, 1.54) is 12.1 Å². The van der Waals surface area contributed by atoms with Crippen LogP contribution in [0.25, 0.3) is 5.70 Å². The van der Waals surface area contributed by atoms with E-state index in [0.29, 0.717) is 16.1 Å². The van der Waals surface area contributed by atoms with Gasteiger partial charge in [0.15, 0.2) is 0 Å². The summed E-state index contributed by atoms with van der Waals surface area (Å²) in [7, 11) is 0. The lowest BCUT2D eigenvalue weighted by atomic mass is 10.0. The summed E-state index contributed by atoms with van der Waals surface area (Å²) in [6.07, 6.45) is 0. The lowest BCUT2D eigenvalue weighted by Crippen LogP contribution is -2.30. The number of amidine groups is 1. The van der Waals surface area contributed by atoms with Crippen LogP contribution < -0.4 is 10.6 Å². The van der Waals surface area contributed by atoms with Gasteiger partial charge in [0.2, 0.25) is 0 Å². The molecule has 3 aromatic carbocycles. The number of amides is 2. The fourth-order valence-electron chi connectivity index (χ4n) is 3.57. The number of nitrogens with zero attached hydrogens (tertiary/aromatic N) is 2. The fourth-order valence-corrected chi connectivity index (χ4v) is 4.06. The van der Waals surface area contributed by atoms with Gasteiger partial charge in [0, 0.05) is 16.1 Å². The van der Waals surface area contributed by atoms with Gasteiger partial charge in [-0.2, -0.15) is 5.26 Å². The Morgan fingerprint density at radius 1 is 0.971 bits per heavy atom. The molecule has 0 bridgehead atoms. The predicted octanol–water partition coefficient (Wildman–Crippen LogP) is 5.30. The molecule has 3 aromatic rings. The Labute approximate surface area is 206 Å². The smallest absolute Gasteiger partial charge is 0.264 e. The standard InChI is InChI=1S/C26H18Cl2N4O2/c1-15(16-7-3-2-4-8-16)30-26(34)21(14-29)23-18-9-5-6-10-19(18)24(31-23)32-25(33)20-12-11-17(27)13-22(20)28/h2-13,15H,1H3,(H,30,34)(H,31,32,33)/b23-21-/t15-/m0/s1. The highest BCUT2D eigenvalue weighted by molar-refractivity contribution is 6.37. The van der Waals surface area contributed by atoms with Crippen molar-refractivity contribution in [3.63, 3.8) is 0 Å². The van der Waals surface area contributed by atoms with Gasteiger partial charge in [-0.15, -0.1) is 0 Å². The van der Waals surface area contributed by atoms with E-state index in [1.807, 2.05) is 43.3 Å². The van der Waals surface area contributed by atoms with Crippen molar-refractivity contribution in [2.75, 3.05) is 0 Å². The lowest BCUT2D eigenvalue weighted by Gasteiger charge is -2.14. The molecule has 1 atom stereocenters. The fraction of sp³-hybridized carbons (Fsp3) is 0.0769. The van der Waals surface area contributed by atoms with Crippen LogP contribution in [-0.4, -0.2) is 17.6 Å². The van der Waals surface area contributed by atoms with Gasteiger partial charge in [0.1, 0.15) is 17.5 Å². The van der Waals surface area contributed by atoms with Crippen molar-refractivity contribution in [2.45, 2.75) is 13.0 Å². The number of nitriles is 1. The van der Waals surface area contributed by atoms with E-state index < -0.39 is 11.8 Å². The number of hydrogen-bond donors (Lipinski definition) is 2. The molecule has 0 saturated heterocycles. The zero-order valence-electron chi connectivity index (χ0n) is 18.0. The third kappa shape index (κ3) is 4.72. The minimum absolute atomic E-state index is 0.149. The Morgan fingerprint density at radius 3 is 2.32 bits per heavy atom. The molecule has 0 fully saturated rings. The summed E-state index contributed by atoms with van der Waals surface area (Å²) >= 11 is 12.1. The first kappa shape index (κ1) is 23.2. The first-order chi connectivity index (χ1) is 16.4. The maximum absolute atomic E-state index is 13.0. The molecule has 1 aliphatic rings. The van der Waals surface area contributed by atoms with Crippen molar-refractivity contribution in [2.24, 2.45) is 4.99 Å². The van der Waals surface area contributed by atoms with Gasteiger partial charge < -0.3 is 10.6 Å². The quantitative estimate of drug-likeness (QED) is 0.385. The number of fused-ring (bicyclic) bond motifs is 1. The van der Waals surface area contributed by atoms with Gasteiger partial charge in [-0.1, -0.05) is 77.8 Å². The molecule has 34 heavy (non-hydrogen) atoms. The number of halogens is 2. The zero-order chi connectivity index (χ0) is 24.2. The van der Waals surface area contributed by atoms with Crippen molar-refractivity contribution < 1.29 is 9.59 Å². The van der Waals surface area contributed by atoms with E-state index in [2.05, 4.69) is 15.6 Å². The molecule has 0 spiro atoms. The summed E-state index contributed by atoms with van der Waals surface area (Å²) in [5.74, 6) is -0.823. The number of rotatable bonds is 4. The Morgan fingerprint density at radius 2 is 1.65 bits per heavy atom. The monoisotopic (exact) mass is 488 g/mol. The lowest BCUT2D eigenvalue weighted by molar-refractivity contribution is -0.117. The van der Waals surface area contributed by atoms with Gasteiger partial charge in [0.25, 0.3) is 11.8 Å². The molecule has 0 radical (unpaired) electrons. The van der Waals surface area contributed by atoms with Crippen LogP contribution >= 0.6 is 23.2 Å². The summed E-state index contributed by atoms with van der Waals surface area (Å²) in [6, 6.07) is 22.7. The largest absolute Gasteiger partial charge is 0.345 e. The number of hydrogen-bond acceptors (Lipinski definition) is 4. The van der Waals surface area contributed by atoms with Crippen molar-refractivity contribution in [3.8, 4) is 6.07 Å². The summed E-state index contributed by atoms with van der Waals surface area (Å²) in [5.41, 5.74) is 2.32. The van der Waals surface area contributed by atoms with Crippen LogP contribution in [0.15, 0.2) is 83.4 Å². The molecule has 8 heteroatoms. The highest BCUT2D eigenvalue weighted by Crippen LogP contribution is 2.31. The summed E-state index contributed by atoms with van der Waals surface area (Å²) in [6.45, 7) is 1.83. The van der Waals surface area contributed by atoms with Crippen LogP contribution in [0.3, 0.4) is 0 Å². The average molecular weight is 489 g/mol. The number of carbonyl (C=O) groups excluding carboxylic acids is 2. The van der Waals surface area contributed by atoms with E-state index in [4.69, 9.17) is 23.2 Å². The molecule has 1 aliphatic heterocycles. The highest BCUT2D eigenvalue weighted by Gasteiger charge is 2.28. The number of benzene rings is 3. The van der Waals surface area contributed by atoms with Gasteiger partial charge in [-0.05, 0) is 30.7 Å². The molecule has 0 aromatic heterocycles. The maximum Gasteiger partial charge on any atom is 0.264 e. The van der Waals surface area contributed by atoms with Gasteiger partial charge in [-0.3, -0.25) is 9.59 Å². The second-order valence-electron chi connectivity index (χ2n) is 7.53. The van der Waals surface area contributed by atoms with Crippen molar-refractivity contribution in [1.82, 2.24) is 10.6 Å². The minimum atomic E-state index is -0.555. The average Bonchev–Trinajstić information content (AvgIpc) is 3.18.